The Labute approximate surface area is 503 Å². The van der Waals surface area contributed by atoms with E-state index >= 15 is 0 Å². The van der Waals surface area contributed by atoms with Gasteiger partial charge >= 0.3 is 0 Å². The van der Waals surface area contributed by atoms with Gasteiger partial charge in [0.25, 0.3) is 0 Å². The average molecular weight is 1120 g/mol. The summed E-state index contributed by atoms with van der Waals surface area (Å²) in [4.78, 5) is 16.3. The van der Waals surface area contributed by atoms with E-state index in [4.69, 9.17) is 23.8 Å². The van der Waals surface area contributed by atoms with Crippen molar-refractivity contribution in [2.45, 2.75) is 12.8 Å². The van der Waals surface area contributed by atoms with Gasteiger partial charge in [-0.1, -0.05) is 249 Å². The molecule has 6 nitrogen and oxygen atoms in total. The van der Waals surface area contributed by atoms with Crippen LogP contribution in [-0.2, 0) is 0 Å². The highest BCUT2D eigenvalue weighted by Crippen LogP contribution is 2.51. The number of fused-ring (bicyclic) bond motifs is 9. The van der Waals surface area contributed by atoms with Gasteiger partial charge in [-0.15, -0.1) is 0 Å². The molecule has 0 fully saturated rings. The maximum atomic E-state index is 6.50. The van der Waals surface area contributed by atoms with Gasteiger partial charge in [-0.3, -0.25) is 0 Å². The first kappa shape index (κ1) is 51.2. The van der Waals surface area contributed by atoms with E-state index in [2.05, 4.69) is 236 Å². The molecule has 0 saturated carbocycles. The molecular weight excluding hydrogens is 1060 g/mol. The Morgan fingerprint density at radius 2 is 0.839 bits per heavy atom. The van der Waals surface area contributed by atoms with Crippen LogP contribution in [-0.4, -0.2) is 19.5 Å². The second kappa shape index (κ2) is 21.6. The van der Waals surface area contributed by atoms with Gasteiger partial charge in [-0.05, 0) is 106 Å². The third-order valence-corrected chi connectivity index (χ3v) is 16.9. The van der Waals surface area contributed by atoms with Crippen LogP contribution in [0, 0.1) is 0 Å². The molecule has 11 aromatic carbocycles. The molecule has 15 aromatic rings. The Morgan fingerprint density at radius 3 is 1.37 bits per heavy atom. The van der Waals surface area contributed by atoms with Crippen LogP contribution in [0.4, 0.5) is 0 Å². The van der Waals surface area contributed by atoms with Crippen LogP contribution in [0.2, 0.25) is 0 Å². The first-order valence-electron chi connectivity index (χ1n) is 29.6. The normalized spacial score (nSPS) is 12.7. The number of allylic oxidation sites excluding steroid dienone is 8. The maximum absolute atomic E-state index is 6.50. The number of hydrogen-bond acceptors (Lipinski definition) is 5. The SMILES string of the molecule is C=C/C=C\C=C\c1cc(-c2nc(-c3ccc4c(c3)oc3ccccc34)nc(-c3ccc4c(c3)oc3ccccc34)n2)cc(-c2ccccc2)c1-n1c2c(-c3ccccc3)ccc(C3=CC=CCC3)c2c2c(-c3ccccc3)ccc(-c3ccccc3)c21. The largest absolute Gasteiger partial charge is 0.456 e. The van der Waals surface area contributed by atoms with Crippen LogP contribution >= 0.6 is 0 Å². The summed E-state index contributed by atoms with van der Waals surface area (Å²) >= 11 is 0. The summed E-state index contributed by atoms with van der Waals surface area (Å²) < 4.78 is 15.6. The molecule has 0 amide bonds. The van der Waals surface area contributed by atoms with Gasteiger partial charge in [0.2, 0.25) is 0 Å². The highest BCUT2D eigenvalue weighted by Gasteiger charge is 2.29. The molecule has 87 heavy (non-hydrogen) atoms. The molecule has 4 heterocycles. The quantitative estimate of drug-likeness (QED) is 0.114. The summed E-state index contributed by atoms with van der Waals surface area (Å²) in [6.45, 7) is 4.05. The smallest absolute Gasteiger partial charge is 0.164 e. The molecule has 4 aromatic heterocycles. The monoisotopic (exact) mass is 1110 g/mol. The lowest BCUT2D eigenvalue weighted by molar-refractivity contribution is 0.668. The lowest BCUT2D eigenvalue weighted by atomic mass is 9.88. The number of hydrogen-bond donors (Lipinski definition) is 0. The molecule has 16 rings (SSSR count). The lowest BCUT2D eigenvalue weighted by Gasteiger charge is -2.22. The molecular formula is C81H54N4O2. The molecule has 0 saturated heterocycles. The minimum atomic E-state index is 0.507. The van der Waals surface area contributed by atoms with E-state index in [0.717, 1.165) is 140 Å². The van der Waals surface area contributed by atoms with Crippen molar-refractivity contribution in [2.75, 3.05) is 0 Å². The summed E-state index contributed by atoms with van der Waals surface area (Å²) in [7, 11) is 0. The van der Waals surface area contributed by atoms with Crippen molar-refractivity contribution in [3.63, 3.8) is 0 Å². The summed E-state index contributed by atoms with van der Waals surface area (Å²) in [6, 6.07) is 86.1. The van der Waals surface area contributed by atoms with E-state index in [1.807, 2.05) is 66.8 Å². The molecule has 0 N–H and O–H groups in total. The van der Waals surface area contributed by atoms with Gasteiger partial charge in [0.05, 0.1) is 16.7 Å². The zero-order valence-corrected chi connectivity index (χ0v) is 47.4. The van der Waals surface area contributed by atoms with Crippen molar-refractivity contribution >= 4 is 77.3 Å². The third-order valence-electron chi connectivity index (χ3n) is 16.9. The molecule has 1 aliphatic rings. The van der Waals surface area contributed by atoms with E-state index in [0.29, 0.717) is 17.5 Å². The van der Waals surface area contributed by atoms with Crippen LogP contribution in [0.15, 0.2) is 301 Å². The first-order valence-corrected chi connectivity index (χ1v) is 29.6. The molecule has 410 valence electrons. The highest BCUT2D eigenvalue weighted by atomic mass is 16.3. The van der Waals surface area contributed by atoms with Crippen LogP contribution in [0.5, 0.6) is 0 Å². The van der Waals surface area contributed by atoms with Gasteiger partial charge in [0.1, 0.15) is 22.3 Å². The van der Waals surface area contributed by atoms with Crippen LogP contribution in [0.3, 0.4) is 0 Å². The number of furan rings is 2. The Balaban J connectivity index is 1.05. The van der Waals surface area contributed by atoms with Gasteiger partial charge in [-0.2, -0.15) is 0 Å². The van der Waals surface area contributed by atoms with E-state index in [9.17, 15) is 0 Å². The first-order chi connectivity index (χ1) is 43.1. The number of para-hydroxylation sites is 2. The number of rotatable bonds is 12. The number of benzene rings is 11. The number of nitrogens with zero attached hydrogens (tertiary/aromatic N) is 4. The molecule has 0 aliphatic heterocycles. The molecule has 0 radical (unpaired) electrons. The summed E-state index contributed by atoms with van der Waals surface area (Å²) in [5.74, 6) is 1.52. The minimum Gasteiger partial charge on any atom is -0.456 e. The Bertz CT molecular complexity index is 5200. The fraction of sp³-hybridized carbons (Fsp3) is 0.0247. The molecule has 1 aliphatic carbocycles. The van der Waals surface area contributed by atoms with Gasteiger partial charge < -0.3 is 13.4 Å². The Kier molecular flexibility index (Phi) is 12.7. The Hall–Kier alpha value is -11.5. The molecule has 0 bridgehead atoms. The van der Waals surface area contributed by atoms with Gasteiger partial charge in [-0.25, -0.2) is 15.0 Å². The van der Waals surface area contributed by atoms with Gasteiger partial charge in [0.15, 0.2) is 17.5 Å². The number of aromatic nitrogens is 4. The second-order valence-electron chi connectivity index (χ2n) is 22.1. The third kappa shape index (κ3) is 9.02. The molecule has 0 unspecified atom stereocenters. The topological polar surface area (TPSA) is 69.9 Å². The van der Waals surface area contributed by atoms with Crippen LogP contribution in [0.25, 0.3) is 162 Å². The summed E-state index contributed by atoms with van der Waals surface area (Å²) in [5.41, 5.74) is 21.0. The second-order valence-corrected chi connectivity index (χ2v) is 22.1. The van der Waals surface area contributed by atoms with Crippen LogP contribution < -0.4 is 0 Å². The molecule has 0 atom stereocenters. The van der Waals surface area contributed by atoms with Crippen molar-refractivity contribution in [2.24, 2.45) is 0 Å². The fourth-order valence-electron chi connectivity index (χ4n) is 12.9. The predicted octanol–water partition coefficient (Wildman–Crippen LogP) is 21.9. The van der Waals surface area contributed by atoms with E-state index in [-0.39, 0.29) is 0 Å². The zero-order valence-electron chi connectivity index (χ0n) is 47.4. The molecule has 6 heteroatoms. The molecule has 0 spiro atoms. The van der Waals surface area contributed by atoms with Crippen molar-refractivity contribution in [3.8, 4) is 84.4 Å². The standard InChI is InChI=1S/C81H54N4O2/c1-2-3-4-10-35-57-48-60(81-83-79(58-40-42-67-65-36-21-23-38-70(65)86-72(67)50-58)82-80(84-81)59-41-43-68-66-37-22-24-39-71(66)87-73(68)51-59)49-69(56-33-19-9-20-34-56)76(57)85-77-63(54-29-15-7-16-30-54)46-44-61(52-25-11-5-12-26-52)74(77)75-62(53-27-13-6-14-28-53)45-47-64(78(75)85)55-31-17-8-18-32-55/h2-13,15-27,29-51H,1,14,28H2/b4-3-,35-10+. The average Bonchev–Trinajstić information content (AvgIpc) is 1.62. The summed E-state index contributed by atoms with van der Waals surface area (Å²) in [5, 5.41) is 6.53. The minimum absolute atomic E-state index is 0.507. The fourth-order valence-corrected chi connectivity index (χ4v) is 12.9. The predicted molar refractivity (Wildman–Crippen MR) is 361 cm³/mol. The van der Waals surface area contributed by atoms with Crippen molar-refractivity contribution in [1.29, 1.82) is 0 Å². The van der Waals surface area contributed by atoms with E-state index in [1.54, 1.807) is 0 Å². The summed E-state index contributed by atoms with van der Waals surface area (Å²) in [6.07, 6.45) is 18.8. The van der Waals surface area contributed by atoms with Crippen molar-refractivity contribution in [3.05, 3.63) is 303 Å². The van der Waals surface area contributed by atoms with Crippen LogP contribution in [0.1, 0.15) is 24.0 Å². The van der Waals surface area contributed by atoms with E-state index < -0.39 is 0 Å². The van der Waals surface area contributed by atoms with E-state index in [1.165, 1.54) is 21.9 Å². The maximum Gasteiger partial charge on any atom is 0.164 e. The van der Waals surface area contributed by atoms with Crippen molar-refractivity contribution in [1.82, 2.24) is 19.5 Å². The Morgan fingerprint density at radius 1 is 0.379 bits per heavy atom. The highest BCUT2D eigenvalue weighted by molar-refractivity contribution is 6.25. The zero-order chi connectivity index (χ0) is 57.8. The van der Waals surface area contributed by atoms with Crippen molar-refractivity contribution < 1.29 is 8.83 Å². The lowest BCUT2D eigenvalue weighted by Crippen LogP contribution is -2.05. The van der Waals surface area contributed by atoms with Gasteiger partial charge in [0, 0.05) is 65.7 Å².